The second-order valence-corrected chi connectivity index (χ2v) is 5.11. The smallest absolute Gasteiger partial charge is 0.188 e. The summed E-state index contributed by atoms with van der Waals surface area (Å²) >= 11 is 0. The Kier molecular flexibility index (Phi) is 2.26. The third kappa shape index (κ3) is 1.50. The van der Waals surface area contributed by atoms with Crippen molar-refractivity contribution in [1.82, 2.24) is 29.9 Å². The first-order valence-electron chi connectivity index (χ1n) is 6.56. The largest absolute Gasteiger partial charge is 0.382 e. The van der Waals surface area contributed by atoms with Crippen molar-refractivity contribution < 1.29 is 4.79 Å². The van der Waals surface area contributed by atoms with E-state index in [1.54, 1.807) is 6.20 Å². The maximum Gasteiger partial charge on any atom is 0.188 e. The van der Waals surface area contributed by atoms with Crippen LogP contribution in [0.1, 0.15) is 12.8 Å². The summed E-state index contributed by atoms with van der Waals surface area (Å²) in [5, 5.41) is 7.96. The van der Waals surface area contributed by atoms with Gasteiger partial charge in [0.2, 0.25) is 0 Å². The van der Waals surface area contributed by atoms with Gasteiger partial charge in [0, 0.05) is 19.0 Å². The van der Waals surface area contributed by atoms with Crippen LogP contribution >= 0.6 is 0 Å². The molecular weight excluding hydrogens is 258 g/mol. The number of hydrogen-bond donors (Lipinski definition) is 1. The first-order chi connectivity index (χ1) is 9.74. The molecule has 8 heteroatoms. The van der Waals surface area contributed by atoms with Crippen LogP contribution in [0.2, 0.25) is 0 Å². The van der Waals surface area contributed by atoms with Gasteiger partial charge in [-0.05, 0) is 12.8 Å². The van der Waals surface area contributed by atoms with Crippen molar-refractivity contribution in [3.05, 3.63) is 12.0 Å². The van der Waals surface area contributed by atoms with E-state index in [0.29, 0.717) is 16.9 Å². The topological polar surface area (TPSA) is 103 Å². The Labute approximate surface area is 114 Å². The van der Waals surface area contributed by atoms with Gasteiger partial charge in [-0.3, -0.25) is 4.79 Å². The van der Waals surface area contributed by atoms with Gasteiger partial charge in [0.25, 0.3) is 0 Å². The van der Waals surface area contributed by atoms with Crippen molar-refractivity contribution in [2.45, 2.75) is 12.8 Å². The summed E-state index contributed by atoms with van der Waals surface area (Å²) in [6, 6.07) is 0. The molecule has 3 saturated heterocycles. The molecule has 0 radical (unpaired) electrons. The fourth-order valence-corrected chi connectivity index (χ4v) is 2.88. The molecule has 0 aromatic carbocycles. The zero-order valence-electron chi connectivity index (χ0n) is 10.7. The SMILES string of the molecule is Nc1ncnc2c1nnn2/C=C1/C(=O)C2CCN1CC2. The number of aromatic nitrogens is 5. The fourth-order valence-electron chi connectivity index (χ4n) is 2.88. The minimum absolute atomic E-state index is 0.153. The Hall–Kier alpha value is -2.51. The highest BCUT2D eigenvalue weighted by Gasteiger charge is 2.36. The Morgan fingerprint density at radius 1 is 1.30 bits per heavy atom. The predicted molar refractivity (Wildman–Crippen MR) is 71.1 cm³/mol. The molecule has 0 spiro atoms. The van der Waals surface area contributed by atoms with Gasteiger partial charge in [0.05, 0.1) is 11.9 Å². The molecule has 5 rings (SSSR count). The lowest BCUT2D eigenvalue weighted by atomic mass is 9.85. The highest BCUT2D eigenvalue weighted by Crippen LogP contribution is 2.31. The number of piperidine rings is 3. The van der Waals surface area contributed by atoms with Gasteiger partial charge in [-0.15, -0.1) is 5.10 Å². The number of allylic oxidation sites excluding steroid dienone is 1. The summed E-state index contributed by atoms with van der Waals surface area (Å²) < 4.78 is 1.50. The highest BCUT2D eigenvalue weighted by atomic mass is 16.1. The molecule has 2 bridgehead atoms. The first-order valence-corrected chi connectivity index (χ1v) is 6.56. The van der Waals surface area contributed by atoms with E-state index < -0.39 is 0 Å². The lowest BCUT2D eigenvalue weighted by molar-refractivity contribution is -0.125. The molecule has 0 aliphatic carbocycles. The van der Waals surface area contributed by atoms with E-state index >= 15 is 0 Å². The van der Waals surface area contributed by atoms with Gasteiger partial charge in [0.15, 0.2) is 22.8 Å². The van der Waals surface area contributed by atoms with Gasteiger partial charge >= 0.3 is 0 Å². The lowest BCUT2D eigenvalue weighted by Crippen LogP contribution is -2.46. The highest BCUT2D eigenvalue weighted by molar-refractivity contribution is 6.01. The van der Waals surface area contributed by atoms with Crippen LogP contribution in [0, 0.1) is 5.92 Å². The number of fused-ring (bicyclic) bond motifs is 4. The average molecular weight is 271 g/mol. The van der Waals surface area contributed by atoms with Crippen LogP contribution in [0.3, 0.4) is 0 Å². The van der Waals surface area contributed by atoms with Crippen LogP contribution in [-0.2, 0) is 4.79 Å². The summed E-state index contributed by atoms with van der Waals surface area (Å²) in [5.74, 6) is 0.630. The van der Waals surface area contributed by atoms with E-state index in [4.69, 9.17) is 5.73 Å². The predicted octanol–water partition coefficient (Wildman–Crippen LogP) is -0.103. The van der Waals surface area contributed by atoms with Gasteiger partial charge in [-0.1, -0.05) is 5.21 Å². The maximum atomic E-state index is 12.3. The third-order valence-corrected chi connectivity index (χ3v) is 3.99. The van der Waals surface area contributed by atoms with Crippen molar-refractivity contribution in [1.29, 1.82) is 0 Å². The summed E-state index contributed by atoms with van der Waals surface area (Å²) in [7, 11) is 0. The summed E-state index contributed by atoms with van der Waals surface area (Å²) in [6.45, 7) is 1.85. The van der Waals surface area contributed by atoms with Crippen LogP contribution in [-0.4, -0.2) is 48.7 Å². The second-order valence-electron chi connectivity index (χ2n) is 5.11. The number of Topliss-reactive ketones (excluding diaryl/α,β-unsaturated/α-hetero) is 1. The van der Waals surface area contributed by atoms with E-state index in [1.807, 2.05) is 0 Å². The average Bonchev–Trinajstić information content (AvgIpc) is 2.88. The van der Waals surface area contributed by atoms with E-state index in [1.165, 1.54) is 11.0 Å². The van der Waals surface area contributed by atoms with Crippen LogP contribution in [0.4, 0.5) is 5.82 Å². The standard InChI is InChI=1S/C12H13N7O/c13-11-9-12(15-6-14-11)19(17-16-9)5-8-10(20)7-1-3-18(8)4-2-7/h5-7H,1-4H2,(H2,13,14,15)/b8-5-. The van der Waals surface area contributed by atoms with E-state index in [9.17, 15) is 4.79 Å². The summed E-state index contributed by atoms with van der Waals surface area (Å²) in [5.41, 5.74) is 7.38. The van der Waals surface area contributed by atoms with Gasteiger partial charge in [0.1, 0.15) is 6.33 Å². The number of carbonyl (C=O) groups is 1. The monoisotopic (exact) mass is 271 g/mol. The Morgan fingerprint density at radius 3 is 2.85 bits per heavy atom. The molecular formula is C12H13N7O. The fraction of sp³-hybridized carbons (Fsp3) is 0.417. The molecule has 3 fully saturated rings. The van der Waals surface area contributed by atoms with E-state index in [0.717, 1.165) is 25.9 Å². The molecule has 5 heterocycles. The molecule has 20 heavy (non-hydrogen) atoms. The molecule has 2 aromatic heterocycles. The molecule has 102 valence electrons. The molecule has 0 saturated carbocycles. The van der Waals surface area contributed by atoms with Crippen LogP contribution in [0.15, 0.2) is 12.0 Å². The molecule has 0 amide bonds. The van der Waals surface area contributed by atoms with E-state index in [2.05, 4.69) is 25.2 Å². The Morgan fingerprint density at radius 2 is 2.10 bits per heavy atom. The summed E-state index contributed by atoms with van der Waals surface area (Å²) in [6.07, 6.45) is 4.97. The number of nitrogen functional groups attached to an aromatic ring is 1. The number of carbonyl (C=O) groups excluding carboxylic acids is 1. The van der Waals surface area contributed by atoms with Crippen molar-refractivity contribution in [2.75, 3.05) is 18.8 Å². The molecule has 3 aliphatic rings. The molecule has 8 nitrogen and oxygen atoms in total. The quantitative estimate of drug-likeness (QED) is 0.722. The van der Waals surface area contributed by atoms with E-state index in [-0.39, 0.29) is 17.5 Å². The minimum Gasteiger partial charge on any atom is -0.382 e. The van der Waals surface area contributed by atoms with Crippen molar-refractivity contribution in [3.8, 4) is 0 Å². The Balaban J connectivity index is 1.82. The maximum absolute atomic E-state index is 12.3. The van der Waals surface area contributed by atoms with Crippen LogP contribution in [0.5, 0.6) is 0 Å². The van der Waals surface area contributed by atoms with Crippen molar-refractivity contribution >= 4 is 29.0 Å². The minimum atomic E-state index is 0.153. The molecule has 2 aromatic rings. The molecule has 0 unspecified atom stereocenters. The van der Waals surface area contributed by atoms with Crippen molar-refractivity contribution in [2.24, 2.45) is 5.92 Å². The number of nitrogens with two attached hydrogens (primary N) is 1. The zero-order chi connectivity index (χ0) is 13.7. The molecule has 3 aliphatic heterocycles. The number of rotatable bonds is 1. The lowest BCUT2D eigenvalue weighted by Gasteiger charge is -2.40. The van der Waals surface area contributed by atoms with Crippen molar-refractivity contribution in [3.63, 3.8) is 0 Å². The molecule has 0 atom stereocenters. The normalized spacial score (nSPS) is 21.3. The number of hydrogen-bond acceptors (Lipinski definition) is 7. The van der Waals surface area contributed by atoms with Gasteiger partial charge in [-0.2, -0.15) is 4.68 Å². The number of ketones is 1. The van der Waals surface area contributed by atoms with Crippen LogP contribution in [0.25, 0.3) is 17.4 Å². The molecule has 2 N–H and O–H groups in total. The van der Waals surface area contributed by atoms with Gasteiger partial charge in [-0.25, -0.2) is 9.97 Å². The van der Waals surface area contributed by atoms with Gasteiger partial charge < -0.3 is 10.6 Å². The third-order valence-electron chi connectivity index (χ3n) is 3.99. The second kappa shape index (κ2) is 3.99. The zero-order valence-corrected chi connectivity index (χ0v) is 10.7. The Bertz CT molecular complexity index is 726. The van der Waals surface area contributed by atoms with Crippen LogP contribution < -0.4 is 5.73 Å². The summed E-state index contributed by atoms with van der Waals surface area (Å²) in [4.78, 5) is 22.4. The first kappa shape index (κ1) is 11.3. The number of nitrogens with zero attached hydrogens (tertiary/aromatic N) is 6. The number of anilines is 1.